The zero-order chi connectivity index (χ0) is 24.2. The van der Waals surface area contributed by atoms with Crippen LogP contribution in [0.25, 0.3) is 0 Å². The van der Waals surface area contributed by atoms with E-state index in [2.05, 4.69) is 19.0 Å². The van der Waals surface area contributed by atoms with Crippen LogP contribution in [0.2, 0.25) is 0 Å². The lowest BCUT2D eigenvalue weighted by atomic mass is 9.98. The smallest absolute Gasteiger partial charge is 0.305 e. The van der Waals surface area contributed by atoms with Gasteiger partial charge in [0.25, 0.3) is 0 Å². The minimum atomic E-state index is -0.748. The summed E-state index contributed by atoms with van der Waals surface area (Å²) in [4.78, 5) is 39.0. The number of esters is 1. The Kier molecular flexibility index (Phi) is 19.0. The Bertz CT molecular complexity index is 511. The first-order valence-corrected chi connectivity index (χ1v) is 12.6. The molecule has 0 heterocycles. The fourth-order valence-corrected chi connectivity index (χ4v) is 3.89. The highest BCUT2D eigenvalue weighted by molar-refractivity contribution is 5.73. The first-order chi connectivity index (χ1) is 15.3. The van der Waals surface area contributed by atoms with Gasteiger partial charge in [-0.25, -0.2) is 0 Å². The van der Waals surface area contributed by atoms with E-state index >= 15 is 0 Å². The molecular formula is C25H48N2O5. The highest BCUT2D eigenvalue weighted by Crippen LogP contribution is 2.19. The fraction of sp³-hybridized carbons (Fsp3) is 0.880. The summed E-state index contributed by atoms with van der Waals surface area (Å²) in [6.45, 7) is 5.98. The van der Waals surface area contributed by atoms with E-state index in [4.69, 9.17) is 9.84 Å². The minimum absolute atomic E-state index is 0.120. The van der Waals surface area contributed by atoms with Crippen LogP contribution in [-0.2, 0) is 19.1 Å². The van der Waals surface area contributed by atoms with Crippen molar-refractivity contribution in [1.29, 1.82) is 0 Å². The predicted molar refractivity (Wildman–Crippen MR) is 129 cm³/mol. The number of rotatable bonds is 21. The van der Waals surface area contributed by atoms with Crippen LogP contribution >= 0.6 is 0 Å². The van der Waals surface area contributed by atoms with Gasteiger partial charge in [0.1, 0.15) is 0 Å². The van der Waals surface area contributed by atoms with Crippen LogP contribution in [0.15, 0.2) is 0 Å². The first kappa shape index (κ1) is 30.4. The Morgan fingerprint density at radius 3 is 1.91 bits per heavy atom. The van der Waals surface area contributed by atoms with Crippen LogP contribution in [-0.4, -0.2) is 72.6 Å². The van der Waals surface area contributed by atoms with Crippen molar-refractivity contribution in [2.45, 2.75) is 110 Å². The second kappa shape index (κ2) is 20.0. The summed E-state index contributed by atoms with van der Waals surface area (Å²) in [5.41, 5.74) is 0. The summed E-state index contributed by atoms with van der Waals surface area (Å²) in [5.74, 6) is -0.747. The van der Waals surface area contributed by atoms with E-state index in [0.29, 0.717) is 19.4 Å². The normalized spacial score (nSPS) is 12.0. The van der Waals surface area contributed by atoms with Crippen LogP contribution in [0.5, 0.6) is 0 Å². The maximum Gasteiger partial charge on any atom is 0.305 e. The Morgan fingerprint density at radius 1 is 0.812 bits per heavy atom. The molecule has 0 aromatic rings. The number of amides is 1. The van der Waals surface area contributed by atoms with E-state index in [-0.39, 0.29) is 24.3 Å². The third-order valence-corrected chi connectivity index (χ3v) is 5.66. The molecule has 1 amide bonds. The molecule has 0 aromatic heterocycles. The third-order valence-electron chi connectivity index (χ3n) is 5.66. The molecule has 0 radical (unpaired) electrons. The number of carboxylic acid groups (broad SMARTS) is 1. The maximum absolute atomic E-state index is 12.4. The van der Waals surface area contributed by atoms with Gasteiger partial charge in [-0.05, 0) is 65.6 Å². The van der Waals surface area contributed by atoms with Gasteiger partial charge in [0.05, 0.1) is 6.61 Å². The summed E-state index contributed by atoms with van der Waals surface area (Å²) >= 11 is 0. The minimum Gasteiger partial charge on any atom is -0.481 e. The molecule has 0 rings (SSSR count). The van der Waals surface area contributed by atoms with Gasteiger partial charge in [0, 0.05) is 32.4 Å². The number of carboxylic acids is 1. The highest BCUT2D eigenvalue weighted by Gasteiger charge is 2.20. The lowest BCUT2D eigenvalue weighted by Crippen LogP contribution is -2.39. The molecule has 32 heavy (non-hydrogen) atoms. The number of ether oxygens (including phenoxy) is 1. The van der Waals surface area contributed by atoms with Gasteiger partial charge in [0.15, 0.2) is 0 Å². The van der Waals surface area contributed by atoms with E-state index in [1.54, 1.807) is 6.92 Å². The van der Waals surface area contributed by atoms with Crippen LogP contribution in [0.3, 0.4) is 0 Å². The zero-order valence-corrected chi connectivity index (χ0v) is 21.1. The summed E-state index contributed by atoms with van der Waals surface area (Å²) in [7, 11) is 4.15. The second-order valence-electron chi connectivity index (χ2n) is 9.04. The molecule has 0 aliphatic heterocycles. The van der Waals surface area contributed by atoms with Gasteiger partial charge in [-0.15, -0.1) is 0 Å². The molecule has 1 unspecified atom stereocenters. The lowest BCUT2D eigenvalue weighted by molar-refractivity contribution is -0.143. The summed E-state index contributed by atoms with van der Waals surface area (Å²) in [6, 6.07) is 0.193. The third kappa shape index (κ3) is 18.0. The molecule has 0 saturated carbocycles. The SMILES string of the molecule is CCCOC(=O)CCCCCC(CCCCCC(=O)O)N(CCCCCN(C)C)C(C)=O. The number of nitrogens with zero attached hydrogens (tertiary/aromatic N) is 2. The average Bonchev–Trinajstić information content (AvgIpc) is 2.72. The van der Waals surface area contributed by atoms with E-state index in [0.717, 1.165) is 83.7 Å². The molecular weight excluding hydrogens is 408 g/mol. The van der Waals surface area contributed by atoms with Crippen molar-refractivity contribution >= 4 is 17.8 Å². The Hall–Kier alpha value is -1.63. The Labute approximate surface area is 195 Å². The van der Waals surface area contributed by atoms with Crippen LogP contribution in [0, 0.1) is 0 Å². The molecule has 1 atom stereocenters. The predicted octanol–water partition coefficient (Wildman–Crippen LogP) is 4.87. The number of aliphatic carboxylic acids is 1. The maximum atomic E-state index is 12.4. The van der Waals surface area contributed by atoms with Crippen LogP contribution in [0.4, 0.5) is 0 Å². The number of hydrogen-bond donors (Lipinski definition) is 1. The molecule has 7 heteroatoms. The number of unbranched alkanes of at least 4 members (excludes halogenated alkanes) is 6. The monoisotopic (exact) mass is 456 g/mol. The molecule has 0 saturated heterocycles. The lowest BCUT2D eigenvalue weighted by Gasteiger charge is -2.31. The van der Waals surface area contributed by atoms with Crippen molar-refractivity contribution in [2.75, 3.05) is 33.8 Å². The molecule has 0 aliphatic rings. The largest absolute Gasteiger partial charge is 0.481 e. The highest BCUT2D eigenvalue weighted by atomic mass is 16.5. The van der Waals surface area contributed by atoms with E-state index in [1.165, 1.54) is 0 Å². The van der Waals surface area contributed by atoms with Crippen LogP contribution in [0.1, 0.15) is 104 Å². The summed E-state index contributed by atoms with van der Waals surface area (Å²) < 4.78 is 5.12. The number of carbonyl (C=O) groups excluding carboxylic acids is 2. The topological polar surface area (TPSA) is 87.2 Å². The van der Waals surface area contributed by atoms with Gasteiger partial charge in [-0.3, -0.25) is 14.4 Å². The fourth-order valence-electron chi connectivity index (χ4n) is 3.89. The molecule has 0 bridgehead atoms. The van der Waals surface area contributed by atoms with Crippen molar-refractivity contribution in [3.63, 3.8) is 0 Å². The molecule has 188 valence electrons. The average molecular weight is 457 g/mol. The van der Waals surface area contributed by atoms with E-state index in [9.17, 15) is 14.4 Å². The molecule has 0 spiro atoms. The Morgan fingerprint density at radius 2 is 1.38 bits per heavy atom. The molecule has 1 N–H and O–H groups in total. The number of carbonyl (C=O) groups is 3. The summed E-state index contributed by atoms with van der Waals surface area (Å²) in [5, 5.41) is 8.82. The van der Waals surface area contributed by atoms with Crippen molar-refractivity contribution in [2.24, 2.45) is 0 Å². The standard InChI is InChI=1S/C25H48N2O5/c1-5-21-32-25(31)18-12-7-10-16-23(15-9-6-11-17-24(29)30)27(22(2)28)20-14-8-13-19-26(3)4/h23H,5-21H2,1-4H3,(H,29,30). The van der Waals surface area contributed by atoms with Crippen molar-refractivity contribution < 1.29 is 24.2 Å². The molecule has 0 aliphatic carbocycles. The van der Waals surface area contributed by atoms with Gasteiger partial charge in [-0.1, -0.05) is 39.0 Å². The van der Waals surface area contributed by atoms with Crippen molar-refractivity contribution in [3.05, 3.63) is 0 Å². The Balaban J connectivity index is 4.56. The van der Waals surface area contributed by atoms with Gasteiger partial charge in [-0.2, -0.15) is 0 Å². The van der Waals surface area contributed by atoms with E-state index < -0.39 is 5.97 Å². The van der Waals surface area contributed by atoms with Crippen LogP contribution < -0.4 is 0 Å². The molecule has 0 fully saturated rings. The van der Waals surface area contributed by atoms with Gasteiger partial charge in [0.2, 0.25) is 5.91 Å². The molecule has 0 aromatic carbocycles. The second-order valence-corrected chi connectivity index (χ2v) is 9.04. The van der Waals surface area contributed by atoms with Gasteiger partial charge >= 0.3 is 11.9 Å². The van der Waals surface area contributed by atoms with Crippen molar-refractivity contribution in [3.8, 4) is 0 Å². The van der Waals surface area contributed by atoms with Crippen molar-refractivity contribution in [1.82, 2.24) is 9.80 Å². The molecule has 7 nitrogen and oxygen atoms in total. The quantitative estimate of drug-likeness (QED) is 0.196. The van der Waals surface area contributed by atoms with E-state index in [1.807, 2.05) is 11.8 Å². The zero-order valence-electron chi connectivity index (χ0n) is 21.1. The first-order valence-electron chi connectivity index (χ1n) is 12.6. The number of hydrogen-bond acceptors (Lipinski definition) is 5. The van der Waals surface area contributed by atoms with Gasteiger partial charge < -0.3 is 19.6 Å². The summed E-state index contributed by atoms with van der Waals surface area (Å²) in [6.07, 6.45) is 11.8.